The highest BCUT2D eigenvalue weighted by molar-refractivity contribution is 5.96. The third-order valence-corrected chi connectivity index (χ3v) is 2.59. The van der Waals surface area contributed by atoms with Crippen molar-refractivity contribution < 1.29 is 27.5 Å². The van der Waals surface area contributed by atoms with Crippen molar-refractivity contribution in [1.82, 2.24) is 10.2 Å². The van der Waals surface area contributed by atoms with E-state index in [2.05, 4.69) is 5.32 Å². The van der Waals surface area contributed by atoms with Crippen LogP contribution in [-0.4, -0.2) is 50.6 Å². The number of ether oxygens (including phenoxy) is 1. The fraction of sp³-hybridized carbons (Fsp3) is 0.385. The van der Waals surface area contributed by atoms with E-state index in [1.165, 1.54) is 14.2 Å². The molecule has 0 spiro atoms. The maximum atomic E-state index is 13.1. The number of carbonyl (C=O) groups is 2. The number of hydrogen-bond donors (Lipinski definition) is 1. The van der Waals surface area contributed by atoms with Crippen molar-refractivity contribution in [1.29, 1.82) is 0 Å². The van der Waals surface area contributed by atoms with Gasteiger partial charge in [-0.2, -0.15) is 0 Å². The highest BCUT2D eigenvalue weighted by Crippen LogP contribution is 2.14. The standard InChI is InChI=1S/C13H15F3N2O3/c1-18(7-11(19)17-3-4-21-2)13(20)8-5-9(14)12(16)10(15)6-8/h5-6H,3-4,7H2,1-2H3,(H,17,19). The molecule has 1 aromatic carbocycles. The summed E-state index contributed by atoms with van der Waals surface area (Å²) in [4.78, 5) is 24.3. The summed E-state index contributed by atoms with van der Waals surface area (Å²) in [5, 5.41) is 2.49. The third-order valence-electron chi connectivity index (χ3n) is 2.59. The van der Waals surface area contributed by atoms with Gasteiger partial charge in [0.25, 0.3) is 5.91 Å². The number of rotatable bonds is 6. The molecule has 5 nitrogen and oxygen atoms in total. The van der Waals surface area contributed by atoms with Gasteiger partial charge in [-0.05, 0) is 12.1 Å². The van der Waals surface area contributed by atoms with Gasteiger partial charge in [-0.25, -0.2) is 13.2 Å². The summed E-state index contributed by atoms with van der Waals surface area (Å²) in [5.41, 5.74) is -0.376. The Kier molecular flexibility index (Phi) is 6.16. The zero-order valence-electron chi connectivity index (χ0n) is 11.6. The number of methoxy groups -OCH3 is 1. The molecule has 0 aliphatic heterocycles. The molecule has 0 heterocycles. The first kappa shape index (κ1) is 17.0. The second-order valence-electron chi connectivity index (χ2n) is 4.26. The summed E-state index contributed by atoms with van der Waals surface area (Å²) in [6.45, 7) is 0.290. The number of amides is 2. The van der Waals surface area contributed by atoms with Crippen LogP contribution in [-0.2, 0) is 9.53 Å². The lowest BCUT2D eigenvalue weighted by molar-refractivity contribution is -0.121. The third kappa shape index (κ3) is 4.75. The van der Waals surface area contributed by atoms with Crippen LogP contribution in [0.2, 0.25) is 0 Å². The first-order valence-electron chi connectivity index (χ1n) is 6.02. The summed E-state index contributed by atoms with van der Waals surface area (Å²) in [5.74, 6) is -5.82. The van der Waals surface area contributed by atoms with Crippen LogP contribution in [0, 0.1) is 17.5 Å². The molecule has 0 saturated heterocycles. The molecular formula is C13H15F3N2O3. The van der Waals surface area contributed by atoms with Crippen LogP contribution in [0.3, 0.4) is 0 Å². The van der Waals surface area contributed by atoms with E-state index < -0.39 is 29.3 Å². The molecule has 1 N–H and O–H groups in total. The van der Waals surface area contributed by atoms with Gasteiger partial charge in [0.2, 0.25) is 5.91 Å². The van der Waals surface area contributed by atoms with E-state index in [9.17, 15) is 22.8 Å². The van der Waals surface area contributed by atoms with Gasteiger partial charge in [-0.3, -0.25) is 9.59 Å². The predicted molar refractivity (Wildman–Crippen MR) is 68.2 cm³/mol. The van der Waals surface area contributed by atoms with E-state index in [1.807, 2.05) is 0 Å². The minimum atomic E-state index is -1.65. The van der Waals surface area contributed by atoms with Gasteiger partial charge in [0.15, 0.2) is 17.5 Å². The number of nitrogens with zero attached hydrogens (tertiary/aromatic N) is 1. The topological polar surface area (TPSA) is 58.6 Å². The van der Waals surface area contributed by atoms with Gasteiger partial charge in [0.1, 0.15) is 0 Å². The smallest absolute Gasteiger partial charge is 0.254 e. The van der Waals surface area contributed by atoms with Crippen molar-refractivity contribution in [3.63, 3.8) is 0 Å². The molecular weight excluding hydrogens is 289 g/mol. The monoisotopic (exact) mass is 304 g/mol. The molecule has 0 aliphatic rings. The van der Waals surface area contributed by atoms with Crippen molar-refractivity contribution >= 4 is 11.8 Å². The molecule has 2 amide bonds. The van der Waals surface area contributed by atoms with Crippen molar-refractivity contribution in [3.05, 3.63) is 35.1 Å². The Morgan fingerprint density at radius 1 is 1.24 bits per heavy atom. The highest BCUT2D eigenvalue weighted by atomic mass is 19.2. The zero-order valence-corrected chi connectivity index (χ0v) is 11.6. The largest absolute Gasteiger partial charge is 0.383 e. The molecule has 116 valence electrons. The molecule has 1 rings (SSSR count). The van der Waals surface area contributed by atoms with E-state index >= 15 is 0 Å². The normalized spacial score (nSPS) is 10.3. The Bertz CT molecular complexity index is 514. The number of halogens is 3. The first-order valence-corrected chi connectivity index (χ1v) is 6.02. The van der Waals surface area contributed by atoms with Crippen LogP contribution in [0.15, 0.2) is 12.1 Å². The molecule has 0 atom stereocenters. The molecule has 1 aromatic rings. The molecule has 8 heteroatoms. The van der Waals surface area contributed by atoms with Gasteiger partial charge in [-0.1, -0.05) is 0 Å². The SMILES string of the molecule is COCCNC(=O)CN(C)C(=O)c1cc(F)c(F)c(F)c1. The minimum absolute atomic E-state index is 0.275. The number of nitrogens with one attached hydrogen (secondary N) is 1. The molecule has 0 aliphatic carbocycles. The molecule has 0 fully saturated rings. The van der Waals surface area contributed by atoms with E-state index in [-0.39, 0.29) is 18.7 Å². The summed E-state index contributed by atoms with van der Waals surface area (Å²) in [7, 11) is 2.76. The number of hydrogen-bond acceptors (Lipinski definition) is 3. The Labute approximate surface area is 119 Å². The zero-order chi connectivity index (χ0) is 16.0. The van der Waals surface area contributed by atoms with Crippen molar-refractivity contribution in [3.8, 4) is 0 Å². The van der Waals surface area contributed by atoms with E-state index in [4.69, 9.17) is 4.74 Å². The average molecular weight is 304 g/mol. The fourth-order valence-corrected chi connectivity index (χ4v) is 1.54. The average Bonchev–Trinajstić information content (AvgIpc) is 2.43. The van der Waals surface area contributed by atoms with Crippen LogP contribution >= 0.6 is 0 Å². The van der Waals surface area contributed by atoms with Crippen molar-refractivity contribution in [2.45, 2.75) is 0 Å². The second-order valence-corrected chi connectivity index (χ2v) is 4.26. The van der Waals surface area contributed by atoms with Gasteiger partial charge in [0, 0.05) is 26.3 Å². The van der Waals surface area contributed by atoms with E-state index in [1.54, 1.807) is 0 Å². The lowest BCUT2D eigenvalue weighted by atomic mass is 10.2. The lowest BCUT2D eigenvalue weighted by Crippen LogP contribution is -2.39. The number of carbonyl (C=O) groups excluding carboxylic acids is 2. The van der Waals surface area contributed by atoms with Crippen LogP contribution in [0.1, 0.15) is 10.4 Å². The lowest BCUT2D eigenvalue weighted by Gasteiger charge is -2.17. The highest BCUT2D eigenvalue weighted by Gasteiger charge is 2.19. The van der Waals surface area contributed by atoms with Crippen LogP contribution in [0.5, 0.6) is 0 Å². The fourth-order valence-electron chi connectivity index (χ4n) is 1.54. The second kappa shape index (κ2) is 7.63. The first-order chi connectivity index (χ1) is 9.86. The van der Waals surface area contributed by atoms with Gasteiger partial charge in [-0.15, -0.1) is 0 Å². The van der Waals surface area contributed by atoms with Crippen molar-refractivity contribution in [2.24, 2.45) is 0 Å². The van der Waals surface area contributed by atoms with Gasteiger partial charge in [0.05, 0.1) is 13.2 Å². The van der Waals surface area contributed by atoms with Crippen molar-refractivity contribution in [2.75, 3.05) is 33.9 Å². The molecule has 0 saturated carbocycles. The van der Waals surface area contributed by atoms with E-state index in [0.29, 0.717) is 18.7 Å². The summed E-state index contributed by atoms with van der Waals surface area (Å²) in [6, 6.07) is 1.17. The van der Waals surface area contributed by atoms with Crippen LogP contribution in [0.25, 0.3) is 0 Å². The van der Waals surface area contributed by atoms with E-state index in [0.717, 1.165) is 4.90 Å². The number of benzene rings is 1. The molecule has 0 unspecified atom stereocenters. The maximum absolute atomic E-state index is 13.1. The predicted octanol–water partition coefficient (Wildman–Crippen LogP) is 0.939. The quantitative estimate of drug-likeness (QED) is 0.628. The Morgan fingerprint density at radius 3 is 2.33 bits per heavy atom. The molecule has 0 aromatic heterocycles. The maximum Gasteiger partial charge on any atom is 0.254 e. The number of likely N-dealkylation sites (N-methyl/N-ethyl adjacent to an activating group) is 1. The Hall–Kier alpha value is -2.09. The molecule has 0 bridgehead atoms. The molecule has 21 heavy (non-hydrogen) atoms. The van der Waals surface area contributed by atoms with Crippen LogP contribution in [0.4, 0.5) is 13.2 Å². The van der Waals surface area contributed by atoms with Crippen LogP contribution < -0.4 is 5.32 Å². The summed E-state index contributed by atoms with van der Waals surface area (Å²) in [6.07, 6.45) is 0. The minimum Gasteiger partial charge on any atom is -0.383 e. The Morgan fingerprint density at radius 2 is 1.81 bits per heavy atom. The van der Waals surface area contributed by atoms with Gasteiger partial charge < -0.3 is 15.0 Å². The Balaban J connectivity index is 2.68. The summed E-state index contributed by atoms with van der Waals surface area (Å²) < 4.78 is 43.7. The van der Waals surface area contributed by atoms with Gasteiger partial charge >= 0.3 is 0 Å². The summed E-state index contributed by atoms with van der Waals surface area (Å²) >= 11 is 0. The molecule has 0 radical (unpaired) electrons.